The summed E-state index contributed by atoms with van der Waals surface area (Å²) < 4.78 is 36.9. The van der Waals surface area contributed by atoms with Crippen LogP contribution in [0.1, 0.15) is 23.1 Å². The number of rotatable bonds is 10. The van der Waals surface area contributed by atoms with Crippen molar-refractivity contribution in [1.29, 1.82) is 0 Å². The zero-order valence-electron chi connectivity index (χ0n) is 18.3. The van der Waals surface area contributed by atoms with Crippen LogP contribution in [0.4, 0.5) is 4.39 Å². The topological polar surface area (TPSA) is 73.8 Å². The summed E-state index contributed by atoms with van der Waals surface area (Å²) in [4.78, 5) is 6.44. The summed E-state index contributed by atoms with van der Waals surface area (Å²) >= 11 is 0. The second-order valence-corrected chi connectivity index (χ2v) is 9.55. The third-order valence-corrected chi connectivity index (χ3v) is 5.40. The molecule has 0 radical (unpaired) electrons. The van der Waals surface area contributed by atoms with Crippen molar-refractivity contribution in [3.8, 4) is 0 Å². The second kappa shape index (κ2) is 13.6. The molecule has 2 rings (SSSR count). The van der Waals surface area contributed by atoms with Gasteiger partial charge in [0.25, 0.3) is 0 Å². The number of hydrogen-bond donors (Lipinski definition) is 2. The molecule has 0 spiro atoms. The van der Waals surface area contributed by atoms with Gasteiger partial charge in [0, 0.05) is 32.9 Å². The summed E-state index contributed by atoms with van der Waals surface area (Å²) in [5, 5.41) is 6.37. The van der Waals surface area contributed by atoms with Gasteiger partial charge in [0.1, 0.15) is 5.82 Å². The molecule has 0 aliphatic carbocycles. The number of sulfone groups is 1. The van der Waals surface area contributed by atoms with E-state index in [1.165, 1.54) is 30.0 Å². The molecule has 0 saturated carbocycles. The van der Waals surface area contributed by atoms with E-state index in [1.54, 1.807) is 7.05 Å². The maximum absolute atomic E-state index is 13.6. The van der Waals surface area contributed by atoms with Crippen molar-refractivity contribution < 1.29 is 12.8 Å². The molecule has 0 atom stereocenters. The number of nitrogens with zero attached hydrogens (tertiary/aromatic N) is 2. The van der Waals surface area contributed by atoms with Gasteiger partial charge in [-0.1, -0.05) is 36.4 Å². The highest BCUT2D eigenvalue weighted by Crippen LogP contribution is 2.14. The van der Waals surface area contributed by atoms with Crippen LogP contribution in [0.2, 0.25) is 0 Å². The Bertz CT molecular complexity index is 940. The van der Waals surface area contributed by atoms with Crippen LogP contribution < -0.4 is 10.6 Å². The summed E-state index contributed by atoms with van der Waals surface area (Å²) in [5.74, 6) is 0.0769. The van der Waals surface area contributed by atoms with Crippen LogP contribution in [0.5, 0.6) is 0 Å². The highest BCUT2D eigenvalue weighted by Gasteiger charge is 2.11. The van der Waals surface area contributed by atoms with Crippen molar-refractivity contribution in [2.24, 2.45) is 4.99 Å². The number of halogens is 2. The number of nitrogens with one attached hydrogen (secondary N) is 2. The van der Waals surface area contributed by atoms with Crippen LogP contribution in [-0.4, -0.2) is 52.7 Å². The minimum absolute atomic E-state index is 0. The first-order valence-corrected chi connectivity index (χ1v) is 11.9. The minimum atomic E-state index is -3.21. The van der Waals surface area contributed by atoms with Gasteiger partial charge in [-0.2, -0.15) is 0 Å². The quantitative estimate of drug-likeness (QED) is 0.202. The molecule has 31 heavy (non-hydrogen) atoms. The monoisotopic (exact) mass is 562 g/mol. The van der Waals surface area contributed by atoms with Gasteiger partial charge in [-0.15, -0.1) is 24.0 Å². The molecule has 2 aromatic carbocycles. The summed E-state index contributed by atoms with van der Waals surface area (Å²) in [7, 11) is 0.551. The first kappa shape index (κ1) is 27.3. The van der Waals surface area contributed by atoms with Crippen LogP contribution in [0.25, 0.3) is 0 Å². The van der Waals surface area contributed by atoms with Gasteiger partial charge in [0.15, 0.2) is 15.8 Å². The number of hydrogen-bond acceptors (Lipinski definition) is 4. The zero-order chi connectivity index (χ0) is 22.0. The Hall–Kier alpha value is -1.72. The van der Waals surface area contributed by atoms with E-state index in [-0.39, 0.29) is 36.3 Å². The molecule has 0 aliphatic heterocycles. The van der Waals surface area contributed by atoms with Gasteiger partial charge >= 0.3 is 0 Å². The van der Waals surface area contributed by atoms with E-state index in [4.69, 9.17) is 0 Å². The Labute approximate surface area is 202 Å². The third kappa shape index (κ3) is 10.9. The van der Waals surface area contributed by atoms with Crippen molar-refractivity contribution >= 4 is 39.8 Å². The standard InChI is InChI=1S/C22H31FN4O2S.HI/c1-24-22(25-12-7-13-27(2)16-18-8-5-4-6-9-18)26-15-20-14-21(23)11-10-19(20)17-30(3,28)29;/h4-6,8-11,14H,7,12-13,15-17H2,1-3H3,(H2,24,25,26);1H. The summed E-state index contributed by atoms with van der Waals surface area (Å²) in [6.45, 7) is 2.85. The molecule has 0 amide bonds. The molecular formula is C22H32FIN4O2S. The lowest BCUT2D eigenvalue weighted by atomic mass is 10.1. The zero-order valence-corrected chi connectivity index (χ0v) is 21.4. The van der Waals surface area contributed by atoms with Crippen LogP contribution in [0.3, 0.4) is 0 Å². The van der Waals surface area contributed by atoms with E-state index in [1.807, 2.05) is 18.2 Å². The lowest BCUT2D eigenvalue weighted by Gasteiger charge is -2.18. The van der Waals surface area contributed by atoms with Gasteiger partial charge in [0.05, 0.1) is 5.75 Å². The van der Waals surface area contributed by atoms with Gasteiger partial charge in [-0.05, 0) is 48.8 Å². The molecule has 9 heteroatoms. The molecule has 6 nitrogen and oxygen atoms in total. The van der Waals surface area contributed by atoms with E-state index < -0.39 is 15.7 Å². The summed E-state index contributed by atoms with van der Waals surface area (Å²) in [5.41, 5.74) is 2.47. The molecule has 2 N–H and O–H groups in total. The van der Waals surface area contributed by atoms with E-state index in [2.05, 4.69) is 39.7 Å². The van der Waals surface area contributed by atoms with E-state index in [0.717, 1.165) is 26.1 Å². The number of aliphatic imine (C=N–C) groups is 1. The van der Waals surface area contributed by atoms with Gasteiger partial charge in [-0.3, -0.25) is 4.99 Å². The molecule has 2 aromatic rings. The summed E-state index contributed by atoms with van der Waals surface area (Å²) in [6.07, 6.45) is 2.10. The van der Waals surface area contributed by atoms with Crippen molar-refractivity contribution in [2.45, 2.75) is 25.3 Å². The fraction of sp³-hybridized carbons (Fsp3) is 0.409. The lowest BCUT2D eigenvalue weighted by molar-refractivity contribution is 0.322. The van der Waals surface area contributed by atoms with Gasteiger partial charge in [-0.25, -0.2) is 12.8 Å². The Balaban J connectivity index is 0.00000480. The Morgan fingerprint density at radius 3 is 2.45 bits per heavy atom. The molecule has 0 unspecified atom stereocenters. The molecule has 0 aromatic heterocycles. The minimum Gasteiger partial charge on any atom is -0.356 e. The maximum Gasteiger partial charge on any atom is 0.191 e. The predicted molar refractivity (Wildman–Crippen MR) is 136 cm³/mol. The highest BCUT2D eigenvalue weighted by molar-refractivity contribution is 14.0. The number of guanidine groups is 1. The highest BCUT2D eigenvalue weighted by atomic mass is 127. The van der Waals surface area contributed by atoms with Crippen LogP contribution in [-0.2, 0) is 28.7 Å². The largest absolute Gasteiger partial charge is 0.356 e. The normalized spacial score (nSPS) is 11.8. The molecule has 0 heterocycles. The van der Waals surface area contributed by atoms with Gasteiger partial charge < -0.3 is 15.5 Å². The predicted octanol–water partition coefficient (Wildman–Crippen LogP) is 3.18. The van der Waals surface area contributed by atoms with E-state index in [0.29, 0.717) is 17.1 Å². The third-order valence-electron chi connectivity index (χ3n) is 4.56. The smallest absolute Gasteiger partial charge is 0.191 e. The Morgan fingerprint density at radius 1 is 1.10 bits per heavy atom. The van der Waals surface area contributed by atoms with E-state index >= 15 is 0 Å². The molecule has 0 aliphatic rings. The molecule has 0 bridgehead atoms. The maximum atomic E-state index is 13.6. The first-order valence-electron chi connectivity index (χ1n) is 9.89. The first-order chi connectivity index (χ1) is 14.3. The molecule has 0 saturated heterocycles. The summed E-state index contributed by atoms with van der Waals surface area (Å²) in [6, 6.07) is 14.5. The Kier molecular flexibility index (Phi) is 12.0. The second-order valence-electron chi connectivity index (χ2n) is 7.41. The van der Waals surface area contributed by atoms with Crippen molar-refractivity contribution in [3.63, 3.8) is 0 Å². The molecule has 172 valence electrons. The van der Waals surface area contributed by atoms with Crippen LogP contribution in [0.15, 0.2) is 53.5 Å². The number of benzene rings is 2. The van der Waals surface area contributed by atoms with Crippen molar-refractivity contribution in [2.75, 3.05) is 33.4 Å². The van der Waals surface area contributed by atoms with Crippen LogP contribution in [0, 0.1) is 5.82 Å². The average Bonchev–Trinajstić information content (AvgIpc) is 2.69. The fourth-order valence-corrected chi connectivity index (χ4v) is 3.96. The molecular weight excluding hydrogens is 530 g/mol. The van der Waals surface area contributed by atoms with Gasteiger partial charge in [0.2, 0.25) is 0 Å². The lowest BCUT2D eigenvalue weighted by Crippen LogP contribution is -2.38. The van der Waals surface area contributed by atoms with Crippen molar-refractivity contribution in [1.82, 2.24) is 15.5 Å². The molecule has 0 fully saturated rings. The SMILES string of the molecule is CN=C(NCCCN(C)Cc1ccccc1)NCc1cc(F)ccc1CS(C)(=O)=O.I. The van der Waals surface area contributed by atoms with Crippen molar-refractivity contribution in [3.05, 3.63) is 71.0 Å². The average molecular weight is 562 g/mol. The fourth-order valence-electron chi connectivity index (χ4n) is 3.11. The van der Waals surface area contributed by atoms with E-state index in [9.17, 15) is 12.8 Å². The Morgan fingerprint density at radius 2 is 1.81 bits per heavy atom. The van der Waals surface area contributed by atoms with Crippen LogP contribution >= 0.6 is 24.0 Å².